The Labute approximate surface area is 235 Å². The first-order valence-corrected chi connectivity index (χ1v) is 15.2. The predicted octanol–water partition coefficient (Wildman–Crippen LogP) is 6.15. The number of rotatable bonds is 8. The van der Waals surface area contributed by atoms with Crippen LogP contribution in [-0.2, 0) is 27.9 Å². The van der Waals surface area contributed by atoms with Gasteiger partial charge in [0.2, 0.25) is 0 Å². The van der Waals surface area contributed by atoms with Gasteiger partial charge in [0.15, 0.2) is 11.5 Å². The van der Waals surface area contributed by atoms with Crippen molar-refractivity contribution >= 4 is 15.9 Å². The van der Waals surface area contributed by atoms with Gasteiger partial charge in [0.1, 0.15) is 6.10 Å². The number of likely N-dealkylation sites (tertiary alicyclic amines) is 1. The number of nitrogens with zero attached hydrogens (tertiary/aromatic N) is 1. The summed E-state index contributed by atoms with van der Waals surface area (Å²) in [5.74, 6) is 3.28. The van der Waals surface area contributed by atoms with E-state index in [1.807, 2.05) is 7.11 Å². The molecule has 0 amide bonds. The molecule has 38 heavy (non-hydrogen) atoms. The number of halogens is 1. The average molecular weight is 583 g/mol. The largest absolute Gasteiger partial charge is 0.493 e. The van der Waals surface area contributed by atoms with Crippen LogP contribution < -0.4 is 9.47 Å². The molecule has 2 unspecified atom stereocenters. The van der Waals surface area contributed by atoms with Crippen molar-refractivity contribution in [2.24, 2.45) is 17.3 Å². The van der Waals surface area contributed by atoms with Crippen LogP contribution in [0.15, 0.2) is 40.9 Å². The minimum Gasteiger partial charge on any atom is -0.493 e. The number of methoxy groups -OCH3 is 2. The third-order valence-corrected chi connectivity index (χ3v) is 10.9. The van der Waals surface area contributed by atoms with E-state index in [-0.39, 0.29) is 23.0 Å². The fourth-order valence-corrected chi connectivity index (χ4v) is 8.75. The van der Waals surface area contributed by atoms with Crippen molar-refractivity contribution in [2.45, 2.75) is 75.7 Å². The van der Waals surface area contributed by atoms with Crippen molar-refractivity contribution in [1.29, 1.82) is 0 Å². The first-order chi connectivity index (χ1) is 18.4. The molecule has 1 spiro atoms. The van der Waals surface area contributed by atoms with Gasteiger partial charge in [-0.05, 0) is 91.6 Å². The van der Waals surface area contributed by atoms with Gasteiger partial charge >= 0.3 is 0 Å². The Morgan fingerprint density at radius 1 is 1.08 bits per heavy atom. The van der Waals surface area contributed by atoms with Gasteiger partial charge in [-0.15, -0.1) is 0 Å². The quantitative estimate of drug-likeness (QED) is 0.374. The summed E-state index contributed by atoms with van der Waals surface area (Å²) < 4.78 is 26.7. The van der Waals surface area contributed by atoms with E-state index in [2.05, 4.69) is 64.2 Å². The number of piperidine rings is 1. The molecule has 6 heteroatoms. The minimum atomic E-state index is -0.0215. The zero-order valence-electron chi connectivity index (χ0n) is 22.9. The molecule has 3 fully saturated rings. The maximum absolute atomic E-state index is 6.98. The van der Waals surface area contributed by atoms with Crippen LogP contribution in [0.1, 0.15) is 55.7 Å². The van der Waals surface area contributed by atoms with Gasteiger partial charge in [-0.3, -0.25) is 4.90 Å². The van der Waals surface area contributed by atoms with Crippen molar-refractivity contribution in [2.75, 3.05) is 33.9 Å². The van der Waals surface area contributed by atoms with Crippen LogP contribution in [0.25, 0.3) is 0 Å². The highest BCUT2D eigenvalue weighted by Gasteiger charge is 2.67. The Morgan fingerprint density at radius 3 is 2.63 bits per heavy atom. The lowest BCUT2D eigenvalue weighted by Gasteiger charge is -2.57. The first-order valence-electron chi connectivity index (χ1n) is 14.4. The van der Waals surface area contributed by atoms with Gasteiger partial charge in [-0.25, -0.2) is 0 Å². The van der Waals surface area contributed by atoms with Gasteiger partial charge in [-0.1, -0.05) is 41.1 Å². The average Bonchev–Trinajstić information content (AvgIpc) is 3.68. The molecule has 2 aromatic rings. The molecule has 2 saturated carbocycles. The van der Waals surface area contributed by atoms with E-state index in [9.17, 15) is 0 Å². The SMILES string of the molecule is COc1ccc2c3c1O[C@H]1C(OC)C[C@](C)(COCc4ccc(Br)cc4)CC4[C@@H](C2)N(CC2CC2)CC[C@@]341. The highest BCUT2D eigenvalue weighted by Crippen LogP contribution is 2.65. The van der Waals surface area contributed by atoms with Crippen LogP contribution in [0.5, 0.6) is 11.5 Å². The highest BCUT2D eigenvalue weighted by molar-refractivity contribution is 9.10. The molecule has 6 atom stereocenters. The summed E-state index contributed by atoms with van der Waals surface area (Å²) in [5, 5.41) is 0. The van der Waals surface area contributed by atoms with Crippen molar-refractivity contribution in [3.63, 3.8) is 0 Å². The van der Waals surface area contributed by atoms with Crippen molar-refractivity contribution in [3.05, 3.63) is 57.6 Å². The zero-order chi connectivity index (χ0) is 26.1. The summed E-state index contributed by atoms with van der Waals surface area (Å²) in [6.07, 6.45) is 7.14. The molecule has 3 aliphatic carbocycles. The Hall–Kier alpha value is -1.60. The lowest BCUT2D eigenvalue weighted by atomic mass is 9.54. The molecule has 2 aromatic carbocycles. The Bertz CT molecular complexity index is 1200. The van der Waals surface area contributed by atoms with Crippen LogP contribution in [0.3, 0.4) is 0 Å². The molecule has 2 aliphatic heterocycles. The molecule has 0 aromatic heterocycles. The van der Waals surface area contributed by atoms with Gasteiger partial charge in [0.05, 0.1) is 26.4 Å². The normalized spacial score (nSPS) is 35.4. The molecular weight excluding hydrogens is 542 g/mol. The molecule has 2 bridgehead atoms. The molecule has 204 valence electrons. The maximum Gasteiger partial charge on any atom is 0.165 e. The van der Waals surface area contributed by atoms with Gasteiger partial charge < -0.3 is 18.9 Å². The van der Waals surface area contributed by atoms with E-state index < -0.39 is 0 Å². The Morgan fingerprint density at radius 2 is 1.89 bits per heavy atom. The smallest absolute Gasteiger partial charge is 0.165 e. The minimum absolute atomic E-state index is 0.0127. The van der Waals surface area contributed by atoms with E-state index in [1.54, 1.807) is 7.11 Å². The summed E-state index contributed by atoms with van der Waals surface area (Å²) in [5.41, 5.74) is 4.11. The Kier molecular flexibility index (Phi) is 6.34. The summed E-state index contributed by atoms with van der Waals surface area (Å²) in [4.78, 5) is 2.85. The van der Waals surface area contributed by atoms with Crippen LogP contribution in [0, 0.1) is 17.3 Å². The van der Waals surface area contributed by atoms with E-state index in [1.165, 1.54) is 36.1 Å². The van der Waals surface area contributed by atoms with Crippen molar-refractivity contribution in [3.8, 4) is 11.5 Å². The number of hydrogen-bond donors (Lipinski definition) is 0. The van der Waals surface area contributed by atoms with Crippen LogP contribution >= 0.6 is 15.9 Å². The standard InChI is InChI=1S/C32H40BrNO4/c1-31(19-37-18-21-6-9-23(33)10-7-21)15-24-25-14-22-8-11-26(35-2)29-28(22)32(24,30(38-29)27(16-31)36-3)12-13-34(25)17-20-4-5-20/h6-11,20,24-25,27,30H,4-5,12-19H2,1-3H3/t24?,25-,27?,30+,31-,32+/m1/s1. The van der Waals surface area contributed by atoms with Crippen LogP contribution in [0.4, 0.5) is 0 Å². The molecule has 2 heterocycles. The van der Waals surface area contributed by atoms with E-state index in [0.29, 0.717) is 18.6 Å². The second-order valence-corrected chi connectivity index (χ2v) is 13.8. The summed E-state index contributed by atoms with van der Waals surface area (Å²) in [7, 11) is 3.64. The van der Waals surface area contributed by atoms with Crippen LogP contribution in [-0.4, -0.2) is 57.1 Å². The van der Waals surface area contributed by atoms with Crippen molar-refractivity contribution < 1.29 is 18.9 Å². The summed E-state index contributed by atoms with van der Waals surface area (Å²) in [6, 6.07) is 13.5. The fourth-order valence-electron chi connectivity index (χ4n) is 8.49. The maximum atomic E-state index is 6.98. The molecular formula is C32H40BrNO4. The zero-order valence-corrected chi connectivity index (χ0v) is 24.5. The second kappa shape index (κ2) is 9.50. The third-order valence-electron chi connectivity index (χ3n) is 10.4. The summed E-state index contributed by atoms with van der Waals surface area (Å²) >= 11 is 3.54. The van der Waals surface area contributed by atoms with Gasteiger partial charge in [-0.2, -0.15) is 0 Å². The molecule has 5 aliphatic rings. The summed E-state index contributed by atoms with van der Waals surface area (Å²) in [6.45, 7) is 6.21. The molecule has 5 nitrogen and oxygen atoms in total. The lowest BCUT2D eigenvalue weighted by molar-refractivity contribution is -0.0714. The third kappa shape index (κ3) is 4.05. The highest BCUT2D eigenvalue weighted by atomic mass is 79.9. The number of hydrogen-bond acceptors (Lipinski definition) is 5. The topological polar surface area (TPSA) is 40.2 Å². The molecule has 0 N–H and O–H groups in total. The molecule has 7 rings (SSSR count). The number of ether oxygens (including phenoxy) is 4. The number of benzene rings is 2. The second-order valence-electron chi connectivity index (χ2n) is 12.9. The van der Waals surface area contributed by atoms with Crippen molar-refractivity contribution in [1.82, 2.24) is 4.90 Å². The van der Waals surface area contributed by atoms with Gasteiger partial charge in [0, 0.05) is 35.1 Å². The lowest BCUT2D eigenvalue weighted by Crippen LogP contribution is -2.64. The Balaban J connectivity index is 1.25. The first kappa shape index (κ1) is 25.4. The molecule has 1 saturated heterocycles. The van der Waals surface area contributed by atoms with Gasteiger partial charge in [0.25, 0.3) is 0 Å². The van der Waals surface area contributed by atoms with Crippen LogP contribution in [0.2, 0.25) is 0 Å². The van der Waals surface area contributed by atoms with E-state index >= 15 is 0 Å². The monoisotopic (exact) mass is 581 g/mol. The molecule has 0 radical (unpaired) electrons. The van der Waals surface area contributed by atoms with E-state index in [4.69, 9.17) is 18.9 Å². The fraction of sp³-hybridized carbons (Fsp3) is 0.625. The van der Waals surface area contributed by atoms with E-state index in [0.717, 1.165) is 60.7 Å². The predicted molar refractivity (Wildman–Crippen MR) is 151 cm³/mol.